The first-order chi connectivity index (χ1) is 13.4. The van der Waals surface area contributed by atoms with Crippen molar-refractivity contribution in [2.75, 3.05) is 4.90 Å². The summed E-state index contributed by atoms with van der Waals surface area (Å²) in [7, 11) is 0. The van der Waals surface area contributed by atoms with Crippen molar-refractivity contribution in [2.45, 2.75) is 46.6 Å². The Balaban J connectivity index is 1.73. The zero-order valence-corrected chi connectivity index (χ0v) is 17.6. The molecule has 0 spiro atoms. The maximum Gasteiger partial charge on any atom is 0.232 e. The van der Waals surface area contributed by atoms with Gasteiger partial charge in [-0.2, -0.15) is 0 Å². The van der Waals surface area contributed by atoms with Crippen LogP contribution < -0.4 is 4.90 Å². The molecule has 3 heterocycles. The Labute approximate surface area is 170 Å². The van der Waals surface area contributed by atoms with E-state index < -0.39 is 0 Å². The summed E-state index contributed by atoms with van der Waals surface area (Å²) in [5, 5.41) is 3.09. The van der Waals surface area contributed by atoms with E-state index in [4.69, 9.17) is 4.98 Å². The third kappa shape index (κ3) is 3.35. The Hall–Kier alpha value is -2.53. The highest BCUT2D eigenvalue weighted by atomic mass is 32.1. The molecule has 1 aromatic carbocycles. The Morgan fingerprint density at radius 2 is 1.86 bits per heavy atom. The SMILES string of the molecule is CC(C)N1C(=O)C(C)(C)CCc2cc(-c3csc(-c4ccncc4)n3)ccc21. The molecule has 0 saturated carbocycles. The fraction of sp³-hybridized carbons (Fsp3) is 0.348. The van der Waals surface area contributed by atoms with Gasteiger partial charge in [-0.1, -0.05) is 19.9 Å². The molecule has 0 N–H and O–H groups in total. The van der Waals surface area contributed by atoms with Crippen molar-refractivity contribution in [1.82, 2.24) is 9.97 Å². The number of hydrogen-bond acceptors (Lipinski definition) is 4. The monoisotopic (exact) mass is 391 g/mol. The highest BCUT2D eigenvalue weighted by Crippen LogP contribution is 2.39. The van der Waals surface area contributed by atoms with E-state index in [0.717, 1.165) is 40.4 Å². The fourth-order valence-corrected chi connectivity index (χ4v) is 4.55. The van der Waals surface area contributed by atoms with Crippen LogP contribution in [0.5, 0.6) is 0 Å². The number of fused-ring (bicyclic) bond motifs is 1. The summed E-state index contributed by atoms with van der Waals surface area (Å²) in [5.74, 6) is 0.211. The Morgan fingerprint density at radius 1 is 1.11 bits per heavy atom. The van der Waals surface area contributed by atoms with Crippen molar-refractivity contribution in [3.05, 3.63) is 53.7 Å². The average molecular weight is 392 g/mol. The van der Waals surface area contributed by atoms with Crippen LogP contribution in [0.25, 0.3) is 21.8 Å². The number of benzene rings is 1. The van der Waals surface area contributed by atoms with Gasteiger partial charge in [-0.05, 0) is 56.5 Å². The Morgan fingerprint density at radius 3 is 2.57 bits per heavy atom. The van der Waals surface area contributed by atoms with Crippen LogP contribution in [0.3, 0.4) is 0 Å². The highest BCUT2D eigenvalue weighted by molar-refractivity contribution is 7.13. The number of pyridine rings is 1. The predicted molar refractivity (Wildman–Crippen MR) is 116 cm³/mol. The van der Waals surface area contributed by atoms with Crippen LogP contribution in [0.2, 0.25) is 0 Å². The third-order valence-corrected chi connectivity index (χ3v) is 6.29. The zero-order valence-electron chi connectivity index (χ0n) is 16.8. The molecule has 0 unspecified atom stereocenters. The number of carbonyl (C=O) groups is 1. The summed E-state index contributed by atoms with van der Waals surface area (Å²) in [6.07, 6.45) is 5.33. The molecule has 4 nitrogen and oxygen atoms in total. The van der Waals surface area contributed by atoms with Crippen molar-refractivity contribution >= 4 is 22.9 Å². The van der Waals surface area contributed by atoms with Gasteiger partial charge in [-0.15, -0.1) is 11.3 Å². The molecule has 28 heavy (non-hydrogen) atoms. The number of amides is 1. The molecule has 0 atom stereocenters. The quantitative estimate of drug-likeness (QED) is 0.585. The van der Waals surface area contributed by atoms with E-state index in [0.29, 0.717) is 0 Å². The molecule has 1 aliphatic heterocycles. The smallest absolute Gasteiger partial charge is 0.232 e. The van der Waals surface area contributed by atoms with Gasteiger partial charge in [-0.25, -0.2) is 4.98 Å². The number of nitrogens with zero attached hydrogens (tertiary/aromatic N) is 3. The molecule has 0 aliphatic carbocycles. The van der Waals surface area contributed by atoms with Crippen LogP contribution in [-0.2, 0) is 11.2 Å². The second-order valence-corrected chi connectivity index (χ2v) is 9.13. The molecule has 1 amide bonds. The van der Waals surface area contributed by atoms with Crippen LogP contribution in [-0.4, -0.2) is 21.9 Å². The Kier molecular flexibility index (Phi) is 4.79. The lowest BCUT2D eigenvalue weighted by Crippen LogP contribution is -2.44. The molecule has 1 aliphatic rings. The molecular formula is C23H25N3OS. The lowest BCUT2D eigenvalue weighted by atomic mass is 9.86. The molecule has 4 rings (SSSR count). The number of anilines is 1. The average Bonchev–Trinajstić information content (AvgIpc) is 3.14. The number of rotatable bonds is 3. The van der Waals surface area contributed by atoms with Crippen molar-refractivity contribution in [1.29, 1.82) is 0 Å². The van der Waals surface area contributed by atoms with Gasteiger partial charge in [0.15, 0.2) is 0 Å². The zero-order chi connectivity index (χ0) is 19.9. The van der Waals surface area contributed by atoms with Crippen LogP contribution in [0.15, 0.2) is 48.1 Å². The molecule has 0 saturated heterocycles. The number of carbonyl (C=O) groups excluding carboxylic acids is 1. The van der Waals surface area contributed by atoms with E-state index >= 15 is 0 Å². The first kappa shape index (κ1) is 18.8. The van der Waals surface area contributed by atoms with Crippen molar-refractivity contribution in [3.8, 4) is 21.8 Å². The van der Waals surface area contributed by atoms with E-state index in [9.17, 15) is 4.79 Å². The number of aromatic nitrogens is 2. The first-order valence-corrected chi connectivity index (χ1v) is 10.6. The van der Waals surface area contributed by atoms with E-state index in [2.05, 4.69) is 56.3 Å². The molecule has 0 fully saturated rings. The summed E-state index contributed by atoms with van der Waals surface area (Å²) in [4.78, 5) is 24.0. The van der Waals surface area contributed by atoms with Gasteiger partial charge < -0.3 is 4.90 Å². The first-order valence-electron chi connectivity index (χ1n) is 9.70. The highest BCUT2D eigenvalue weighted by Gasteiger charge is 2.37. The van der Waals surface area contributed by atoms with Crippen LogP contribution in [0.4, 0.5) is 5.69 Å². The van der Waals surface area contributed by atoms with Gasteiger partial charge in [0.25, 0.3) is 0 Å². The minimum absolute atomic E-state index is 0.132. The second kappa shape index (κ2) is 7.13. The van der Waals surface area contributed by atoms with E-state index in [-0.39, 0.29) is 17.4 Å². The minimum Gasteiger partial charge on any atom is -0.309 e. The van der Waals surface area contributed by atoms with Crippen molar-refractivity contribution < 1.29 is 4.79 Å². The molecule has 0 radical (unpaired) electrons. The van der Waals surface area contributed by atoms with E-state index in [1.165, 1.54) is 5.56 Å². The molecule has 2 aromatic heterocycles. The number of thiazole rings is 1. The summed E-state index contributed by atoms with van der Waals surface area (Å²) in [5.41, 5.74) is 5.08. The maximum absolute atomic E-state index is 13.1. The van der Waals surface area contributed by atoms with Crippen LogP contribution in [0.1, 0.15) is 39.7 Å². The van der Waals surface area contributed by atoms with Gasteiger partial charge in [0.2, 0.25) is 5.91 Å². The molecule has 0 bridgehead atoms. The third-order valence-electron chi connectivity index (χ3n) is 5.40. The number of hydrogen-bond donors (Lipinski definition) is 0. The lowest BCUT2D eigenvalue weighted by molar-refractivity contribution is -0.127. The fourth-order valence-electron chi connectivity index (χ4n) is 3.72. The van der Waals surface area contributed by atoms with E-state index in [1.807, 2.05) is 17.0 Å². The molecule has 144 valence electrons. The normalized spacial score (nSPS) is 16.2. The summed E-state index contributed by atoms with van der Waals surface area (Å²) < 4.78 is 0. The molecular weight excluding hydrogens is 366 g/mol. The standard InChI is InChI=1S/C23H25N3OS/c1-15(2)26-20-6-5-17(13-18(20)7-10-23(3,4)22(26)27)19-14-28-21(25-19)16-8-11-24-12-9-16/h5-6,8-9,11-15H,7,10H2,1-4H3. The largest absolute Gasteiger partial charge is 0.309 e. The molecule has 3 aromatic rings. The Bertz CT molecular complexity index is 1010. The van der Waals surface area contributed by atoms with E-state index in [1.54, 1.807) is 23.7 Å². The lowest BCUT2D eigenvalue weighted by Gasteiger charge is -2.32. The van der Waals surface area contributed by atoms with Gasteiger partial charge in [0.1, 0.15) is 5.01 Å². The van der Waals surface area contributed by atoms with Crippen molar-refractivity contribution in [3.63, 3.8) is 0 Å². The van der Waals surface area contributed by atoms with Gasteiger partial charge in [-0.3, -0.25) is 9.78 Å². The van der Waals surface area contributed by atoms with Crippen molar-refractivity contribution in [2.24, 2.45) is 5.41 Å². The van der Waals surface area contributed by atoms with Gasteiger partial charge in [0.05, 0.1) is 5.69 Å². The summed E-state index contributed by atoms with van der Waals surface area (Å²) >= 11 is 1.64. The van der Waals surface area contributed by atoms with Crippen LogP contribution in [0, 0.1) is 5.41 Å². The van der Waals surface area contributed by atoms with Gasteiger partial charge in [0, 0.05) is 46.0 Å². The maximum atomic E-state index is 13.1. The second-order valence-electron chi connectivity index (χ2n) is 8.27. The predicted octanol–water partition coefficient (Wildman–Crippen LogP) is 5.59. The summed E-state index contributed by atoms with van der Waals surface area (Å²) in [6.45, 7) is 8.27. The minimum atomic E-state index is -0.349. The topological polar surface area (TPSA) is 46.1 Å². The van der Waals surface area contributed by atoms with Crippen LogP contribution >= 0.6 is 11.3 Å². The summed E-state index contributed by atoms with van der Waals surface area (Å²) in [6, 6.07) is 10.5. The molecule has 5 heteroatoms. The number of aryl methyl sites for hydroxylation is 1. The van der Waals surface area contributed by atoms with Gasteiger partial charge >= 0.3 is 0 Å².